The topological polar surface area (TPSA) is 24.9 Å². The van der Waals surface area contributed by atoms with E-state index in [1.165, 1.54) is 5.56 Å². The first-order valence-electron chi connectivity index (χ1n) is 6.80. The summed E-state index contributed by atoms with van der Waals surface area (Å²) in [6.45, 7) is 0. The van der Waals surface area contributed by atoms with Gasteiger partial charge in [0.05, 0.1) is 11.7 Å². The van der Waals surface area contributed by atoms with Gasteiger partial charge in [0.15, 0.2) is 0 Å². The zero-order chi connectivity index (χ0) is 12.9. The van der Waals surface area contributed by atoms with Gasteiger partial charge in [0, 0.05) is 12.2 Å². The zero-order valence-electron chi connectivity index (χ0n) is 10.9. The second-order valence-corrected chi connectivity index (χ2v) is 4.90. The molecule has 1 aliphatic carbocycles. The second kappa shape index (κ2) is 5.81. The molecule has 1 aliphatic rings. The van der Waals surface area contributed by atoms with Crippen molar-refractivity contribution in [3.8, 4) is 0 Å². The van der Waals surface area contributed by atoms with E-state index in [4.69, 9.17) is 0 Å². The highest BCUT2D eigenvalue weighted by molar-refractivity contribution is 5.28. The Labute approximate surface area is 114 Å². The highest BCUT2D eigenvalue weighted by Crippen LogP contribution is 2.23. The van der Waals surface area contributed by atoms with Crippen LogP contribution in [-0.2, 0) is 0 Å². The first kappa shape index (κ1) is 12.1. The van der Waals surface area contributed by atoms with Crippen molar-refractivity contribution in [1.29, 1.82) is 0 Å². The summed E-state index contributed by atoms with van der Waals surface area (Å²) >= 11 is 0. The summed E-state index contributed by atoms with van der Waals surface area (Å²) in [4.78, 5) is 4.51. The van der Waals surface area contributed by atoms with Gasteiger partial charge in [-0.15, -0.1) is 0 Å². The number of aromatic nitrogens is 1. The van der Waals surface area contributed by atoms with Gasteiger partial charge in [-0.1, -0.05) is 48.6 Å². The Kier molecular flexibility index (Phi) is 3.70. The maximum absolute atomic E-state index is 4.51. The molecule has 0 bridgehead atoms. The van der Waals surface area contributed by atoms with Gasteiger partial charge in [0.25, 0.3) is 0 Å². The minimum atomic E-state index is 0.173. The minimum Gasteiger partial charge on any atom is -0.302 e. The Morgan fingerprint density at radius 3 is 2.37 bits per heavy atom. The van der Waals surface area contributed by atoms with Gasteiger partial charge in [0.2, 0.25) is 0 Å². The maximum Gasteiger partial charge on any atom is 0.0753 e. The zero-order valence-corrected chi connectivity index (χ0v) is 10.9. The molecule has 2 heteroatoms. The molecule has 1 N–H and O–H groups in total. The van der Waals surface area contributed by atoms with Crippen LogP contribution in [0.15, 0.2) is 66.9 Å². The lowest BCUT2D eigenvalue weighted by molar-refractivity contribution is 0.483. The molecule has 0 spiro atoms. The molecule has 0 radical (unpaired) electrons. The molecule has 0 saturated carbocycles. The predicted octanol–water partition coefficient (Wildman–Crippen LogP) is 3.48. The Morgan fingerprint density at radius 2 is 1.68 bits per heavy atom. The summed E-state index contributed by atoms with van der Waals surface area (Å²) in [5.41, 5.74) is 2.36. The molecule has 2 nitrogen and oxygen atoms in total. The molecule has 0 aliphatic heterocycles. The van der Waals surface area contributed by atoms with Gasteiger partial charge in [-0.3, -0.25) is 4.98 Å². The smallest absolute Gasteiger partial charge is 0.0753 e. The Hall–Kier alpha value is -1.93. The Bertz CT molecular complexity index is 486. The van der Waals surface area contributed by atoms with Gasteiger partial charge in [-0.05, 0) is 30.5 Å². The second-order valence-electron chi connectivity index (χ2n) is 4.90. The number of rotatable bonds is 4. The first-order chi connectivity index (χ1) is 9.43. The standard InChI is InChI=1S/C17H18N2/c1-2-8-14(9-3-1)17(16-12-6-7-13-18-16)19-15-10-4-5-11-15/h1-9,12-13,15,17,19H,10-11H2. The van der Waals surface area contributed by atoms with Gasteiger partial charge >= 0.3 is 0 Å². The first-order valence-corrected chi connectivity index (χ1v) is 6.80. The molecular weight excluding hydrogens is 232 g/mol. The van der Waals surface area contributed by atoms with Crippen LogP contribution in [0.25, 0.3) is 0 Å². The number of nitrogens with one attached hydrogen (secondary N) is 1. The third-order valence-corrected chi connectivity index (χ3v) is 3.53. The van der Waals surface area contributed by atoms with E-state index in [0.29, 0.717) is 6.04 Å². The molecule has 19 heavy (non-hydrogen) atoms. The van der Waals surface area contributed by atoms with Crippen molar-refractivity contribution in [2.45, 2.75) is 24.9 Å². The molecule has 0 saturated heterocycles. The van der Waals surface area contributed by atoms with Gasteiger partial charge in [-0.2, -0.15) is 0 Å². The lowest BCUT2D eigenvalue weighted by Gasteiger charge is -2.23. The van der Waals surface area contributed by atoms with E-state index in [1.807, 2.05) is 18.3 Å². The fourth-order valence-electron chi connectivity index (χ4n) is 2.53. The normalized spacial score (nSPS) is 16.6. The predicted molar refractivity (Wildman–Crippen MR) is 77.8 cm³/mol. The molecule has 3 rings (SSSR count). The van der Waals surface area contributed by atoms with Crippen LogP contribution in [0.3, 0.4) is 0 Å². The van der Waals surface area contributed by atoms with Crippen LogP contribution < -0.4 is 5.32 Å². The molecule has 1 unspecified atom stereocenters. The number of nitrogens with zero attached hydrogens (tertiary/aromatic N) is 1. The average molecular weight is 250 g/mol. The molecule has 0 fully saturated rings. The largest absolute Gasteiger partial charge is 0.302 e. The van der Waals surface area contributed by atoms with Crippen LogP contribution in [0, 0.1) is 0 Å². The summed E-state index contributed by atoms with van der Waals surface area (Å²) in [5.74, 6) is 0. The van der Waals surface area contributed by atoms with Crippen molar-refractivity contribution >= 4 is 0 Å². The molecule has 1 atom stereocenters. The summed E-state index contributed by atoms with van der Waals surface area (Å²) in [6, 6.07) is 17.3. The van der Waals surface area contributed by atoms with Crippen LogP contribution in [0.2, 0.25) is 0 Å². The van der Waals surface area contributed by atoms with Crippen molar-refractivity contribution in [1.82, 2.24) is 10.3 Å². The van der Waals surface area contributed by atoms with Crippen molar-refractivity contribution in [2.75, 3.05) is 0 Å². The highest BCUT2D eigenvalue weighted by Gasteiger charge is 2.19. The Morgan fingerprint density at radius 1 is 0.947 bits per heavy atom. The van der Waals surface area contributed by atoms with Crippen molar-refractivity contribution in [3.63, 3.8) is 0 Å². The van der Waals surface area contributed by atoms with Crippen molar-refractivity contribution in [2.24, 2.45) is 0 Å². The summed E-state index contributed by atoms with van der Waals surface area (Å²) in [5, 5.41) is 3.72. The van der Waals surface area contributed by atoms with E-state index < -0.39 is 0 Å². The van der Waals surface area contributed by atoms with Crippen LogP contribution in [-0.4, -0.2) is 11.0 Å². The summed E-state index contributed by atoms with van der Waals surface area (Å²) < 4.78 is 0. The quantitative estimate of drug-likeness (QED) is 0.840. The SMILES string of the molecule is C1=CCC(NC(c2ccccc2)c2ccccn2)C1. The minimum absolute atomic E-state index is 0.173. The van der Waals surface area contributed by atoms with E-state index in [9.17, 15) is 0 Å². The van der Waals surface area contributed by atoms with E-state index >= 15 is 0 Å². The van der Waals surface area contributed by atoms with Crippen LogP contribution in [0.1, 0.15) is 30.1 Å². The Balaban J connectivity index is 1.87. The van der Waals surface area contributed by atoms with Gasteiger partial charge in [-0.25, -0.2) is 0 Å². The average Bonchev–Trinajstić information content (AvgIpc) is 3.00. The molecule has 1 aromatic heterocycles. The highest BCUT2D eigenvalue weighted by atomic mass is 15.0. The van der Waals surface area contributed by atoms with E-state index in [1.54, 1.807) is 0 Å². The van der Waals surface area contributed by atoms with E-state index in [-0.39, 0.29) is 6.04 Å². The lowest BCUT2D eigenvalue weighted by Crippen LogP contribution is -2.32. The fraction of sp³-hybridized carbons (Fsp3) is 0.235. The van der Waals surface area contributed by atoms with E-state index in [0.717, 1.165) is 18.5 Å². The molecule has 0 amide bonds. The van der Waals surface area contributed by atoms with Crippen molar-refractivity contribution < 1.29 is 0 Å². The van der Waals surface area contributed by atoms with Crippen LogP contribution in [0.4, 0.5) is 0 Å². The fourth-order valence-corrected chi connectivity index (χ4v) is 2.53. The number of benzene rings is 1. The summed E-state index contributed by atoms with van der Waals surface area (Å²) in [6.07, 6.45) is 8.57. The third-order valence-electron chi connectivity index (χ3n) is 3.53. The number of hydrogen-bond donors (Lipinski definition) is 1. The summed E-state index contributed by atoms with van der Waals surface area (Å²) in [7, 11) is 0. The van der Waals surface area contributed by atoms with E-state index in [2.05, 4.69) is 58.9 Å². The lowest BCUT2D eigenvalue weighted by atomic mass is 10.0. The van der Waals surface area contributed by atoms with Crippen LogP contribution in [0.5, 0.6) is 0 Å². The molecule has 2 aromatic rings. The molecule has 96 valence electrons. The monoisotopic (exact) mass is 250 g/mol. The number of hydrogen-bond acceptors (Lipinski definition) is 2. The molecule has 1 heterocycles. The molecular formula is C17H18N2. The maximum atomic E-state index is 4.51. The van der Waals surface area contributed by atoms with Gasteiger partial charge in [0.1, 0.15) is 0 Å². The van der Waals surface area contributed by atoms with Crippen LogP contribution >= 0.6 is 0 Å². The number of pyridine rings is 1. The van der Waals surface area contributed by atoms with Gasteiger partial charge < -0.3 is 5.32 Å². The molecule has 1 aromatic carbocycles. The third kappa shape index (κ3) is 2.91. The van der Waals surface area contributed by atoms with Crippen molar-refractivity contribution in [3.05, 3.63) is 78.1 Å².